The van der Waals surface area contributed by atoms with Gasteiger partial charge in [0.25, 0.3) is 5.91 Å². The molecule has 0 atom stereocenters. The van der Waals surface area contributed by atoms with Gasteiger partial charge in [-0.25, -0.2) is 9.37 Å². The van der Waals surface area contributed by atoms with Crippen molar-refractivity contribution < 1.29 is 9.18 Å². The van der Waals surface area contributed by atoms with Gasteiger partial charge in [0.2, 0.25) is 0 Å². The normalized spacial score (nSPS) is 14.7. The van der Waals surface area contributed by atoms with Crippen LogP contribution in [0, 0.1) is 5.82 Å². The van der Waals surface area contributed by atoms with Crippen LogP contribution >= 0.6 is 0 Å². The lowest BCUT2D eigenvalue weighted by atomic mass is 10.2. The zero-order chi connectivity index (χ0) is 16.4. The van der Waals surface area contributed by atoms with E-state index in [-0.39, 0.29) is 11.5 Å². The van der Waals surface area contributed by atoms with E-state index in [4.69, 9.17) is 0 Å². The second kappa shape index (κ2) is 6.45. The first-order valence-corrected chi connectivity index (χ1v) is 7.63. The van der Waals surface area contributed by atoms with E-state index in [2.05, 4.69) is 19.4 Å². The molecule has 23 heavy (non-hydrogen) atoms. The molecule has 1 aliphatic heterocycles. The maximum atomic E-state index is 13.8. The highest BCUT2D eigenvalue weighted by atomic mass is 19.1. The zero-order valence-electron chi connectivity index (χ0n) is 13.4. The minimum atomic E-state index is -0.576. The molecule has 0 aromatic carbocycles. The molecule has 1 aliphatic rings. The molecule has 7 heteroatoms. The summed E-state index contributed by atoms with van der Waals surface area (Å²) in [5.74, 6) is 0.116. The molecule has 0 unspecified atom stereocenters. The number of nitrogens with zero attached hydrogens (tertiary/aromatic N) is 5. The molecule has 3 rings (SSSR count). The van der Waals surface area contributed by atoms with Crippen LogP contribution in [0.5, 0.6) is 0 Å². The van der Waals surface area contributed by atoms with Gasteiger partial charge >= 0.3 is 0 Å². The average molecular weight is 317 g/mol. The second-order valence-corrected chi connectivity index (χ2v) is 5.95. The molecule has 0 spiro atoms. The SMILES string of the molecule is CN(C)Cc1cnc2n1CCN(C(=O)c1ccncc1F)CC2. The Morgan fingerprint density at radius 2 is 2.13 bits per heavy atom. The number of hydrogen-bond acceptors (Lipinski definition) is 4. The molecule has 2 aromatic heterocycles. The van der Waals surface area contributed by atoms with Crippen molar-refractivity contribution in [3.8, 4) is 0 Å². The fourth-order valence-electron chi connectivity index (χ4n) is 2.87. The summed E-state index contributed by atoms with van der Waals surface area (Å²) in [5, 5.41) is 0. The van der Waals surface area contributed by atoms with Gasteiger partial charge < -0.3 is 14.4 Å². The van der Waals surface area contributed by atoms with E-state index in [1.165, 1.54) is 12.3 Å². The van der Waals surface area contributed by atoms with Crippen LogP contribution in [0.2, 0.25) is 0 Å². The van der Waals surface area contributed by atoms with E-state index in [1.807, 2.05) is 20.3 Å². The maximum Gasteiger partial charge on any atom is 0.257 e. The molecule has 0 N–H and O–H groups in total. The molecule has 0 radical (unpaired) electrons. The van der Waals surface area contributed by atoms with Gasteiger partial charge in [0.15, 0.2) is 5.82 Å². The molecule has 0 saturated heterocycles. The number of halogens is 1. The van der Waals surface area contributed by atoms with E-state index in [9.17, 15) is 9.18 Å². The van der Waals surface area contributed by atoms with Crippen molar-refractivity contribution in [2.75, 3.05) is 27.2 Å². The van der Waals surface area contributed by atoms with Crippen LogP contribution in [0.1, 0.15) is 21.9 Å². The first-order chi connectivity index (χ1) is 11.1. The monoisotopic (exact) mass is 317 g/mol. The Balaban J connectivity index is 1.76. The Morgan fingerprint density at radius 1 is 1.30 bits per heavy atom. The summed E-state index contributed by atoms with van der Waals surface area (Å²) in [5.41, 5.74) is 1.21. The first kappa shape index (κ1) is 15.6. The van der Waals surface area contributed by atoms with Crippen LogP contribution in [0.3, 0.4) is 0 Å². The van der Waals surface area contributed by atoms with Crippen LogP contribution < -0.4 is 0 Å². The number of pyridine rings is 1. The Hall–Kier alpha value is -2.28. The van der Waals surface area contributed by atoms with Gasteiger partial charge in [0, 0.05) is 45.0 Å². The topological polar surface area (TPSA) is 54.3 Å². The third-order valence-electron chi connectivity index (χ3n) is 3.99. The van der Waals surface area contributed by atoms with Crippen molar-refractivity contribution >= 4 is 5.91 Å². The number of fused-ring (bicyclic) bond motifs is 1. The van der Waals surface area contributed by atoms with Crippen molar-refractivity contribution in [2.24, 2.45) is 0 Å². The molecule has 3 heterocycles. The summed E-state index contributed by atoms with van der Waals surface area (Å²) in [4.78, 5) is 24.5. The van der Waals surface area contributed by atoms with Gasteiger partial charge in [0.1, 0.15) is 5.82 Å². The predicted octanol–water partition coefficient (Wildman–Crippen LogP) is 1.18. The number of carbonyl (C=O) groups excluding carboxylic acids is 1. The van der Waals surface area contributed by atoms with Crippen LogP contribution in [0.15, 0.2) is 24.7 Å². The largest absolute Gasteiger partial charge is 0.336 e. The first-order valence-electron chi connectivity index (χ1n) is 7.63. The van der Waals surface area contributed by atoms with E-state index < -0.39 is 5.82 Å². The van der Waals surface area contributed by atoms with Gasteiger partial charge in [0.05, 0.1) is 17.5 Å². The van der Waals surface area contributed by atoms with E-state index >= 15 is 0 Å². The molecule has 2 aromatic rings. The molecular weight excluding hydrogens is 297 g/mol. The Kier molecular flexibility index (Phi) is 4.38. The summed E-state index contributed by atoms with van der Waals surface area (Å²) >= 11 is 0. The van der Waals surface area contributed by atoms with Gasteiger partial charge in [-0.2, -0.15) is 0 Å². The number of aromatic nitrogens is 3. The fourth-order valence-corrected chi connectivity index (χ4v) is 2.87. The van der Waals surface area contributed by atoms with Crippen LogP contribution in [0.4, 0.5) is 4.39 Å². The molecule has 6 nitrogen and oxygen atoms in total. The quantitative estimate of drug-likeness (QED) is 0.853. The average Bonchev–Trinajstić information content (AvgIpc) is 2.77. The van der Waals surface area contributed by atoms with Crippen molar-refractivity contribution in [3.63, 3.8) is 0 Å². The summed E-state index contributed by atoms with van der Waals surface area (Å²) in [6.45, 7) is 2.57. The second-order valence-electron chi connectivity index (χ2n) is 5.95. The zero-order valence-corrected chi connectivity index (χ0v) is 13.4. The van der Waals surface area contributed by atoms with E-state index in [0.29, 0.717) is 26.1 Å². The third kappa shape index (κ3) is 3.24. The minimum Gasteiger partial charge on any atom is -0.336 e. The van der Waals surface area contributed by atoms with Crippen molar-refractivity contribution in [1.82, 2.24) is 24.3 Å². The standard InChI is InChI=1S/C16H20FN5O/c1-20(2)11-12-9-19-15-4-6-21(7-8-22(12)15)16(23)13-3-5-18-10-14(13)17/h3,5,9-10H,4,6-8,11H2,1-2H3. The molecule has 0 saturated carbocycles. The van der Waals surface area contributed by atoms with Gasteiger partial charge in [-0.05, 0) is 20.2 Å². The number of amides is 1. The minimum absolute atomic E-state index is 0.0769. The van der Waals surface area contributed by atoms with E-state index in [0.717, 1.165) is 24.3 Å². The van der Waals surface area contributed by atoms with Crippen molar-refractivity contribution in [3.05, 3.63) is 47.6 Å². The lowest BCUT2D eigenvalue weighted by molar-refractivity contribution is 0.0754. The molecule has 0 fully saturated rings. The molecule has 0 aliphatic carbocycles. The van der Waals surface area contributed by atoms with Crippen molar-refractivity contribution in [1.29, 1.82) is 0 Å². The number of carbonyl (C=O) groups is 1. The van der Waals surface area contributed by atoms with Gasteiger partial charge in [-0.1, -0.05) is 0 Å². The lowest BCUT2D eigenvalue weighted by Gasteiger charge is -2.20. The molecule has 0 bridgehead atoms. The van der Waals surface area contributed by atoms with Gasteiger partial charge in [-0.3, -0.25) is 9.78 Å². The van der Waals surface area contributed by atoms with E-state index in [1.54, 1.807) is 4.90 Å². The summed E-state index contributed by atoms with van der Waals surface area (Å²) in [6, 6.07) is 1.43. The Labute approximate surface area is 134 Å². The fraction of sp³-hybridized carbons (Fsp3) is 0.438. The lowest BCUT2D eigenvalue weighted by Crippen LogP contribution is -2.34. The highest BCUT2D eigenvalue weighted by Gasteiger charge is 2.23. The summed E-state index contributed by atoms with van der Waals surface area (Å²) in [6.07, 6.45) is 5.08. The van der Waals surface area contributed by atoms with Crippen LogP contribution in [-0.2, 0) is 19.5 Å². The van der Waals surface area contributed by atoms with Gasteiger partial charge in [-0.15, -0.1) is 0 Å². The maximum absolute atomic E-state index is 13.8. The number of rotatable bonds is 3. The Bertz CT molecular complexity index is 712. The summed E-state index contributed by atoms with van der Waals surface area (Å²) < 4.78 is 15.9. The third-order valence-corrected chi connectivity index (χ3v) is 3.99. The summed E-state index contributed by atoms with van der Waals surface area (Å²) in [7, 11) is 4.03. The van der Waals surface area contributed by atoms with Crippen LogP contribution in [0.25, 0.3) is 0 Å². The highest BCUT2D eigenvalue weighted by molar-refractivity contribution is 5.94. The number of imidazole rings is 1. The molecule has 1 amide bonds. The number of hydrogen-bond donors (Lipinski definition) is 0. The van der Waals surface area contributed by atoms with Crippen LogP contribution in [-0.4, -0.2) is 57.4 Å². The Morgan fingerprint density at radius 3 is 2.87 bits per heavy atom. The van der Waals surface area contributed by atoms with Crippen molar-refractivity contribution in [2.45, 2.75) is 19.5 Å². The predicted molar refractivity (Wildman–Crippen MR) is 83.4 cm³/mol. The highest BCUT2D eigenvalue weighted by Crippen LogP contribution is 2.15. The smallest absolute Gasteiger partial charge is 0.257 e. The molecular formula is C16H20FN5O. The molecule has 122 valence electrons.